The molecule has 0 atom stereocenters. The van der Waals surface area contributed by atoms with Crippen molar-refractivity contribution >= 4 is 11.7 Å². The molecule has 3 aromatic rings. The molecule has 0 aliphatic heterocycles. The van der Waals surface area contributed by atoms with Crippen molar-refractivity contribution in [1.82, 2.24) is 24.5 Å². The quantitative estimate of drug-likeness (QED) is 0.528. The van der Waals surface area contributed by atoms with Gasteiger partial charge in [-0.05, 0) is 38.0 Å². The van der Waals surface area contributed by atoms with Crippen molar-refractivity contribution < 1.29 is 27.1 Å². The molecule has 1 aromatic carbocycles. The predicted molar refractivity (Wildman–Crippen MR) is 103 cm³/mol. The second-order valence-corrected chi connectivity index (χ2v) is 7.00. The van der Waals surface area contributed by atoms with Gasteiger partial charge >= 0.3 is 6.18 Å². The van der Waals surface area contributed by atoms with Gasteiger partial charge in [0.25, 0.3) is 11.6 Å². The molecule has 0 aliphatic rings. The molecule has 0 bridgehead atoms. The first-order valence-electron chi connectivity index (χ1n) is 9.49. The maximum atomic E-state index is 13.5. The smallest absolute Gasteiger partial charge is 0.453 e. The number of nitrogens with zero attached hydrogens (tertiary/aromatic N) is 5. The van der Waals surface area contributed by atoms with E-state index < -0.39 is 17.8 Å². The number of aryl methyl sites for hydroxylation is 2. The molecular formula is C20H21F4N5O2. The van der Waals surface area contributed by atoms with Crippen molar-refractivity contribution in [3.05, 3.63) is 52.9 Å². The topological polar surface area (TPSA) is 72.6 Å². The molecule has 7 nitrogen and oxygen atoms in total. The fourth-order valence-electron chi connectivity index (χ4n) is 3.09. The van der Waals surface area contributed by atoms with Gasteiger partial charge in [0.15, 0.2) is 11.6 Å². The van der Waals surface area contributed by atoms with Crippen molar-refractivity contribution in [1.29, 1.82) is 0 Å². The van der Waals surface area contributed by atoms with Crippen molar-refractivity contribution in [3.8, 4) is 5.75 Å². The van der Waals surface area contributed by atoms with Gasteiger partial charge in [0.05, 0.1) is 6.54 Å². The molecule has 0 saturated heterocycles. The Morgan fingerprint density at radius 2 is 1.90 bits per heavy atom. The summed E-state index contributed by atoms with van der Waals surface area (Å²) in [6, 6.07) is 5.99. The van der Waals surface area contributed by atoms with Crippen LogP contribution in [-0.2, 0) is 17.4 Å². The third-order valence-corrected chi connectivity index (χ3v) is 4.84. The number of rotatable bonds is 7. The summed E-state index contributed by atoms with van der Waals surface area (Å²) in [7, 11) is 1.60. The number of alkyl halides is 3. The third kappa shape index (κ3) is 5.09. The minimum absolute atomic E-state index is 0.111. The summed E-state index contributed by atoms with van der Waals surface area (Å²) in [6.07, 6.45) is -4.28. The lowest BCUT2D eigenvalue weighted by Crippen LogP contribution is -2.31. The number of hydrogen-bond donors (Lipinski definition) is 0. The highest BCUT2D eigenvalue weighted by atomic mass is 19.4. The Labute approximate surface area is 175 Å². The number of aromatic nitrogens is 4. The first kappa shape index (κ1) is 22.4. The van der Waals surface area contributed by atoms with Gasteiger partial charge in [-0.15, -0.1) is 5.10 Å². The van der Waals surface area contributed by atoms with Crippen LogP contribution < -0.4 is 4.74 Å². The molecule has 31 heavy (non-hydrogen) atoms. The normalized spacial score (nSPS) is 11.7. The molecule has 0 radical (unpaired) electrons. The van der Waals surface area contributed by atoms with E-state index in [1.54, 1.807) is 33.0 Å². The van der Waals surface area contributed by atoms with Crippen LogP contribution >= 0.6 is 0 Å². The van der Waals surface area contributed by atoms with Crippen LogP contribution in [0, 0.1) is 19.7 Å². The lowest BCUT2D eigenvalue weighted by Gasteiger charge is -2.18. The highest BCUT2D eigenvalue weighted by molar-refractivity contribution is 5.76. The number of para-hydroxylation sites is 1. The van der Waals surface area contributed by atoms with Crippen LogP contribution in [-0.4, -0.2) is 50.6 Å². The Balaban J connectivity index is 1.62. The van der Waals surface area contributed by atoms with Crippen molar-refractivity contribution in [2.24, 2.45) is 0 Å². The highest BCUT2D eigenvalue weighted by Crippen LogP contribution is 2.27. The van der Waals surface area contributed by atoms with E-state index in [-0.39, 0.29) is 43.4 Å². The van der Waals surface area contributed by atoms with E-state index in [0.29, 0.717) is 17.0 Å². The van der Waals surface area contributed by atoms with Crippen LogP contribution in [0.3, 0.4) is 0 Å². The van der Waals surface area contributed by atoms with Crippen molar-refractivity contribution in [2.45, 2.75) is 32.9 Å². The fourth-order valence-corrected chi connectivity index (χ4v) is 3.09. The Hall–Kier alpha value is -3.24. The van der Waals surface area contributed by atoms with Gasteiger partial charge in [-0.3, -0.25) is 4.79 Å². The standard InChI is InChI=1S/C20H21F4N5O2/c1-12-14(13(2)29-19(25-12)26-18(27-29)20(22,23)24)8-9-17(30)28(3)10-11-31-16-7-5-4-6-15(16)21/h4-7H,8-11H2,1-3H3. The first-order chi connectivity index (χ1) is 14.6. The first-order valence-corrected chi connectivity index (χ1v) is 9.49. The molecule has 1 amide bonds. The van der Waals surface area contributed by atoms with Crippen molar-refractivity contribution in [3.63, 3.8) is 0 Å². The summed E-state index contributed by atoms with van der Waals surface area (Å²) in [6.45, 7) is 3.64. The van der Waals surface area contributed by atoms with Crippen LogP contribution in [0.2, 0.25) is 0 Å². The summed E-state index contributed by atoms with van der Waals surface area (Å²) in [5, 5.41) is 3.50. The third-order valence-electron chi connectivity index (χ3n) is 4.84. The number of hydrogen-bond acceptors (Lipinski definition) is 5. The average Bonchev–Trinajstić information content (AvgIpc) is 3.13. The maximum absolute atomic E-state index is 13.5. The number of carbonyl (C=O) groups is 1. The molecule has 166 valence electrons. The van der Waals surface area contributed by atoms with E-state index in [9.17, 15) is 22.4 Å². The van der Waals surface area contributed by atoms with Gasteiger partial charge in [-0.25, -0.2) is 13.9 Å². The molecule has 11 heteroatoms. The number of likely N-dealkylation sites (N-methyl/N-ethyl adjacent to an activating group) is 1. The van der Waals surface area contributed by atoms with Gasteiger partial charge in [0, 0.05) is 24.9 Å². The number of halogens is 4. The Morgan fingerprint density at radius 3 is 2.58 bits per heavy atom. The van der Waals surface area contributed by atoms with E-state index >= 15 is 0 Å². The summed E-state index contributed by atoms with van der Waals surface area (Å²) in [5.74, 6) is -1.96. The van der Waals surface area contributed by atoms with Gasteiger partial charge in [-0.2, -0.15) is 18.2 Å². The van der Waals surface area contributed by atoms with E-state index in [4.69, 9.17) is 4.74 Å². The van der Waals surface area contributed by atoms with Crippen LogP contribution in [0.15, 0.2) is 24.3 Å². The minimum atomic E-state index is -4.67. The van der Waals surface area contributed by atoms with Crippen molar-refractivity contribution in [2.75, 3.05) is 20.2 Å². The molecule has 0 N–H and O–H groups in total. The number of ether oxygens (including phenoxy) is 1. The molecule has 2 heterocycles. The van der Waals surface area contributed by atoms with E-state index in [0.717, 1.165) is 4.52 Å². The van der Waals surface area contributed by atoms with Gasteiger partial charge < -0.3 is 9.64 Å². The van der Waals surface area contributed by atoms with Gasteiger partial charge in [0.2, 0.25) is 5.91 Å². The average molecular weight is 439 g/mol. The van der Waals surface area contributed by atoms with E-state index in [2.05, 4.69) is 15.1 Å². The number of carbonyl (C=O) groups excluding carboxylic acids is 1. The van der Waals surface area contributed by atoms with Crippen LogP contribution in [0.1, 0.15) is 29.2 Å². The molecule has 0 aliphatic carbocycles. The lowest BCUT2D eigenvalue weighted by molar-refractivity contribution is -0.144. The number of fused-ring (bicyclic) bond motifs is 1. The summed E-state index contributed by atoms with van der Waals surface area (Å²) in [4.78, 5) is 21.4. The van der Waals surface area contributed by atoms with Gasteiger partial charge in [-0.1, -0.05) is 12.1 Å². The Bertz CT molecular complexity index is 1100. The second kappa shape index (κ2) is 8.86. The van der Waals surface area contributed by atoms with Crippen LogP contribution in [0.4, 0.5) is 17.6 Å². The van der Waals surface area contributed by atoms with Crippen LogP contribution in [0.25, 0.3) is 5.78 Å². The Morgan fingerprint density at radius 1 is 1.19 bits per heavy atom. The molecular weight excluding hydrogens is 418 g/mol. The fraction of sp³-hybridized carbons (Fsp3) is 0.400. The van der Waals surface area contributed by atoms with E-state index in [1.165, 1.54) is 17.0 Å². The molecule has 0 fully saturated rings. The zero-order chi connectivity index (χ0) is 22.8. The number of benzene rings is 1. The zero-order valence-corrected chi connectivity index (χ0v) is 17.2. The Kier molecular flexibility index (Phi) is 6.42. The van der Waals surface area contributed by atoms with Crippen LogP contribution in [0.5, 0.6) is 5.75 Å². The maximum Gasteiger partial charge on any atom is 0.453 e. The lowest BCUT2D eigenvalue weighted by atomic mass is 10.1. The summed E-state index contributed by atoms with van der Waals surface area (Å²) < 4.78 is 58.6. The van der Waals surface area contributed by atoms with Gasteiger partial charge in [0.1, 0.15) is 6.61 Å². The monoisotopic (exact) mass is 439 g/mol. The molecule has 2 aromatic heterocycles. The predicted octanol–water partition coefficient (Wildman–Crippen LogP) is 3.37. The molecule has 0 unspecified atom stereocenters. The summed E-state index contributed by atoms with van der Waals surface area (Å²) in [5.41, 5.74) is 1.57. The highest BCUT2D eigenvalue weighted by Gasteiger charge is 2.37. The summed E-state index contributed by atoms with van der Waals surface area (Å²) >= 11 is 0. The minimum Gasteiger partial charge on any atom is -0.489 e. The second-order valence-electron chi connectivity index (χ2n) is 7.00. The molecule has 0 spiro atoms. The molecule has 3 rings (SSSR count). The molecule has 0 saturated carbocycles. The largest absolute Gasteiger partial charge is 0.489 e. The SMILES string of the molecule is Cc1nc2nc(C(F)(F)F)nn2c(C)c1CCC(=O)N(C)CCOc1ccccc1F. The van der Waals surface area contributed by atoms with E-state index in [1.807, 2.05) is 0 Å². The zero-order valence-electron chi connectivity index (χ0n) is 17.2. The number of amides is 1.